The molecule has 0 fully saturated rings. The van der Waals surface area contributed by atoms with Gasteiger partial charge in [0.25, 0.3) is 15.9 Å². The number of rotatable bonds is 10. The molecule has 142 valence electrons. The van der Waals surface area contributed by atoms with E-state index in [0.717, 1.165) is 6.54 Å². The molecule has 0 aliphatic rings. The van der Waals surface area contributed by atoms with Crippen LogP contribution in [0, 0.1) is 0 Å². The molecule has 26 heavy (non-hydrogen) atoms. The summed E-state index contributed by atoms with van der Waals surface area (Å²) in [5.41, 5.74) is 0.515. The number of thiophene rings is 1. The van der Waals surface area contributed by atoms with Crippen LogP contribution in [0.4, 0.5) is 5.69 Å². The van der Waals surface area contributed by atoms with E-state index in [9.17, 15) is 13.2 Å². The Balaban J connectivity index is 1.89. The van der Waals surface area contributed by atoms with E-state index in [1.165, 1.54) is 22.7 Å². The van der Waals surface area contributed by atoms with Crippen molar-refractivity contribution >= 4 is 33.0 Å². The number of carbonyl (C=O) groups excluding carboxylic acids is 1. The van der Waals surface area contributed by atoms with Crippen LogP contribution < -0.4 is 19.7 Å². The van der Waals surface area contributed by atoms with Gasteiger partial charge in [-0.05, 0) is 42.3 Å². The van der Waals surface area contributed by atoms with Crippen molar-refractivity contribution in [2.75, 3.05) is 37.6 Å². The maximum atomic E-state index is 12.5. The lowest BCUT2D eigenvalue weighted by molar-refractivity contribution is -0.123. The van der Waals surface area contributed by atoms with Gasteiger partial charge in [-0.2, -0.15) is 0 Å². The lowest BCUT2D eigenvalue weighted by atomic mass is 10.3. The normalized spacial score (nSPS) is 11.2. The van der Waals surface area contributed by atoms with Crippen LogP contribution in [0.3, 0.4) is 0 Å². The molecule has 2 N–H and O–H groups in total. The maximum absolute atomic E-state index is 12.5. The fourth-order valence-corrected chi connectivity index (χ4v) is 4.46. The van der Waals surface area contributed by atoms with E-state index in [0.29, 0.717) is 24.5 Å². The van der Waals surface area contributed by atoms with Crippen molar-refractivity contribution in [1.29, 1.82) is 0 Å². The average molecular weight is 398 g/mol. The molecule has 0 aliphatic heterocycles. The molecule has 0 aliphatic carbocycles. The summed E-state index contributed by atoms with van der Waals surface area (Å²) in [4.78, 5) is 11.7. The smallest absolute Gasteiger partial charge is 0.273 e. The molecule has 0 unspecified atom stereocenters. The molecule has 0 saturated carbocycles. The van der Waals surface area contributed by atoms with Crippen molar-refractivity contribution in [3.63, 3.8) is 0 Å². The fraction of sp³-hybridized carbons (Fsp3) is 0.353. The van der Waals surface area contributed by atoms with Gasteiger partial charge < -0.3 is 15.4 Å². The molecular weight excluding hydrogens is 374 g/mol. The van der Waals surface area contributed by atoms with Gasteiger partial charge in [-0.1, -0.05) is 13.0 Å². The average Bonchev–Trinajstić information content (AvgIpc) is 3.19. The molecule has 1 aromatic carbocycles. The number of sulfonamides is 1. The first-order valence-corrected chi connectivity index (χ1v) is 10.5. The molecule has 0 radical (unpaired) electrons. The first-order valence-electron chi connectivity index (χ1n) is 8.18. The Morgan fingerprint density at radius 2 is 1.92 bits per heavy atom. The van der Waals surface area contributed by atoms with Crippen molar-refractivity contribution in [1.82, 2.24) is 10.6 Å². The maximum Gasteiger partial charge on any atom is 0.273 e. The van der Waals surface area contributed by atoms with Gasteiger partial charge in [-0.15, -0.1) is 11.3 Å². The van der Waals surface area contributed by atoms with Crippen LogP contribution in [0.15, 0.2) is 46.0 Å². The van der Waals surface area contributed by atoms with E-state index in [2.05, 4.69) is 10.6 Å². The second-order valence-corrected chi connectivity index (χ2v) is 8.53. The Morgan fingerprint density at radius 3 is 2.54 bits per heavy atom. The molecule has 0 atom stereocenters. The van der Waals surface area contributed by atoms with Crippen LogP contribution in [0.2, 0.25) is 0 Å². The second kappa shape index (κ2) is 9.56. The number of hydrogen-bond acceptors (Lipinski definition) is 6. The molecule has 2 rings (SSSR count). The van der Waals surface area contributed by atoms with Gasteiger partial charge in [-0.25, -0.2) is 8.42 Å². The van der Waals surface area contributed by atoms with E-state index < -0.39 is 10.0 Å². The highest BCUT2D eigenvalue weighted by atomic mass is 32.2. The minimum absolute atomic E-state index is 0.0885. The largest absolute Gasteiger partial charge is 0.484 e. The number of anilines is 1. The number of ether oxygens (including phenoxy) is 1. The summed E-state index contributed by atoms with van der Waals surface area (Å²) in [7, 11) is -2.06. The number of benzene rings is 1. The predicted octanol–water partition coefficient (Wildman–Crippen LogP) is 1.68. The van der Waals surface area contributed by atoms with Crippen LogP contribution in [-0.2, 0) is 14.8 Å². The van der Waals surface area contributed by atoms with Gasteiger partial charge in [-0.3, -0.25) is 9.10 Å². The van der Waals surface area contributed by atoms with Gasteiger partial charge in [0.1, 0.15) is 9.96 Å². The number of amides is 1. The summed E-state index contributed by atoms with van der Waals surface area (Å²) in [6.45, 7) is 4.02. The number of hydrogen-bond donors (Lipinski definition) is 2. The SMILES string of the molecule is CCNCCNC(=O)COc1ccc(N(C)S(=O)(=O)c2cccs2)cc1. The van der Waals surface area contributed by atoms with Crippen molar-refractivity contribution in [2.24, 2.45) is 0 Å². The molecule has 9 heteroatoms. The second-order valence-electron chi connectivity index (χ2n) is 5.39. The standard InChI is InChI=1S/C17H23N3O4S2/c1-3-18-10-11-19-16(21)13-24-15-8-6-14(7-9-15)20(2)26(22,23)17-5-4-12-25-17/h4-9,12,18H,3,10-11,13H2,1-2H3,(H,19,21). The van der Waals surface area contributed by atoms with Crippen molar-refractivity contribution in [3.05, 3.63) is 41.8 Å². The van der Waals surface area contributed by atoms with Crippen LogP contribution in [-0.4, -0.2) is 47.6 Å². The predicted molar refractivity (Wildman–Crippen MR) is 103 cm³/mol. The molecule has 0 spiro atoms. The van der Waals surface area contributed by atoms with Crippen molar-refractivity contribution in [3.8, 4) is 5.75 Å². The lowest BCUT2D eigenvalue weighted by Gasteiger charge is -2.18. The van der Waals surface area contributed by atoms with Crippen molar-refractivity contribution < 1.29 is 17.9 Å². The van der Waals surface area contributed by atoms with E-state index in [1.807, 2.05) is 6.92 Å². The first kappa shape index (κ1) is 20.2. The number of likely N-dealkylation sites (N-methyl/N-ethyl adjacent to an activating group) is 1. The van der Waals surface area contributed by atoms with Gasteiger partial charge in [0.15, 0.2) is 6.61 Å². The van der Waals surface area contributed by atoms with E-state index >= 15 is 0 Å². The third-order valence-corrected chi connectivity index (χ3v) is 6.71. The summed E-state index contributed by atoms with van der Waals surface area (Å²) in [6, 6.07) is 9.84. The van der Waals surface area contributed by atoms with Crippen LogP contribution >= 0.6 is 11.3 Å². The lowest BCUT2D eigenvalue weighted by Crippen LogP contribution is -2.34. The first-order chi connectivity index (χ1) is 12.4. The Morgan fingerprint density at radius 1 is 1.19 bits per heavy atom. The fourth-order valence-electron chi connectivity index (χ4n) is 2.10. The van der Waals surface area contributed by atoms with E-state index in [1.54, 1.807) is 41.8 Å². The van der Waals surface area contributed by atoms with Gasteiger partial charge in [0.2, 0.25) is 0 Å². The minimum Gasteiger partial charge on any atom is -0.484 e. The van der Waals surface area contributed by atoms with Crippen molar-refractivity contribution in [2.45, 2.75) is 11.1 Å². The van der Waals surface area contributed by atoms with Crippen LogP contribution in [0.1, 0.15) is 6.92 Å². The van der Waals surface area contributed by atoms with E-state index in [-0.39, 0.29) is 16.7 Å². The molecule has 1 aromatic heterocycles. The van der Waals surface area contributed by atoms with Gasteiger partial charge in [0, 0.05) is 20.1 Å². The summed E-state index contributed by atoms with van der Waals surface area (Å²) in [5, 5.41) is 7.57. The highest BCUT2D eigenvalue weighted by Crippen LogP contribution is 2.26. The molecule has 0 bridgehead atoms. The topological polar surface area (TPSA) is 87.7 Å². The Hall–Kier alpha value is -2.10. The molecular formula is C17H23N3O4S2. The quantitative estimate of drug-likeness (QED) is 0.596. The molecule has 1 amide bonds. The zero-order valence-electron chi connectivity index (χ0n) is 14.8. The summed E-state index contributed by atoms with van der Waals surface area (Å²) < 4.78 is 31.9. The molecule has 0 saturated heterocycles. The van der Waals surface area contributed by atoms with Gasteiger partial charge in [0.05, 0.1) is 5.69 Å². The van der Waals surface area contributed by atoms with Gasteiger partial charge >= 0.3 is 0 Å². The number of nitrogens with one attached hydrogen (secondary N) is 2. The summed E-state index contributed by atoms with van der Waals surface area (Å²) in [5.74, 6) is 0.293. The number of carbonyl (C=O) groups is 1. The molecule has 1 heterocycles. The minimum atomic E-state index is -3.56. The Labute approximate surface area is 158 Å². The highest BCUT2D eigenvalue weighted by molar-refractivity contribution is 7.94. The third kappa shape index (κ3) is 5.45. The Kier molecular flexibility index (Phi) is 7.43. The van der Waals surface area contributed by atoms with Crippen LogP contribution in [0.5, 0.6) is 5.75 Å². The monoisotopic (exact) mass is 397 g/mol. The zero-order valence-corrected chi connectivity index (χ0v) is 16.4. The zero-order chi connectivity index (χ0) is 19.0. The van der Waals surface area contributed by atoms with Crippen LogP contribution in [0.25, 0.3) is 0 Å². The summed E-state index contributed by atoms with van der Waals surface area (Å²) in [6.07, 6.45) is 0. The highest BCUT2D eigenvalue weighted by Gasteiger charge is 2.22. The Bertz CT molecular complexity index is 790. The summed E-state index contributed by atoms with van der Waals surface area (Å²) >= 11 is 1.17. The molecule has 2 aromatic rings. The number of nitrogens with zero attached hydrogens (tertiary/aromatic N) is 1. The third-order valence-electron chi connectivity index (χ3n) is 3.55. The molecule has 7 nitrogen and oxygen atoms in total. The van der Waals surface area contributed by atoms with E-state index in [4.69, 9.17) is 4.74 Å².